The minimum Gasteiger partial charge on any atom is -0.376 e. The molecular weight excluding hydrogens is 462 g/mol. The predicted octanol–water partition coefficient (Wildman–Crippen LogP) is 4.75. The van der Waals surface area contributed by atoms with Gasteiger partial charge in [0, 0.05) is 26.1 Å². The van der Waals surface area contributed by atoms with Crippen LogP contribution in [-0.2, 0) is 9.53 Å². The van der Waals surface area contributed by atoms with Crippen molar-refractivity contribution in [1.82, 2.24) is 10.2 Å². The Balaban J connectivity index is 1.46. The van der Waals surface area contributed by atoms with Crippen molar-refractivity contribution in [3.8, 4) is 0 Å². The molecule has 0 spiro atoms. The highest BCUT2D eigenvalue weighted by Crippen LogP contribution is 2.44. The molecule has 1 aromatic carbocycles. The van der Waals surface area contributed by atoms with E-state index in [-0.39, 0.29) is 49.8 Å². The van der Waals surface area contributed by atoms with E-state index < -0.39 is 11.8 Å². The van der Waals surface area contributed by atoms with Gasteiger partial charge < -0.3 is 10.1 Å². The summed E-state index contributed by atoms with van der Waals surface area (Å²) in [4.78, 5) is 38.2. The average molecular weight is 482 g/mol. The van der Waals surface area contributed by atoms with Crippen LogP contribution in [0.3, 0.4) is 0 Å². The van der Waals surface area contributed by atoms with E-state index in [4.69, 9.17) is 51.1 Å². The lowest BCUT2D eigenvalue weighted by Crippen LogP contribution is -2.32. The van der Waals surface area contributed by atoms with Crippen molar-refractivity contribution in [3.05, 3.63) is 31.2 Å². The number of carbonyl (C=O) groups excluding carboxylic acids is 3. The second kappa shape index (κ2) is 9.84. The Morgan fingerprint density at radius 2 is 1.59 bits per heavy atom. The molecule has 0 aromatic heterocycles. The van der Waals surface area contributed by atoms with Crippen LogP contribution in [0.5, 0.6) is 0 Å². The molecule has 1 saturated heterocycles. The smallest absolute Gasteiger partial charge is 0.263 e. The summed E-state index contributed by atoms with van der Waals surface area (Å²) in [6, 6.07) is 0. The number of rotatable bonds is 8. The molecule has 0 unspecified atom stereocenters. The zero-order valence-corrected chi connectivity index (χ0v) is 18.6. The second-order valence-corrected chi connectivity index (χ2v) is 8.53. The zero-order chi connectivity index (χ0) is 21.1. The molecule has 0 aliphatic carbocycles. The standard InChI is InChI=1S/C19H20Cl4N2O4/c20-14-12-13(15(21)17(23)16(14)22)19(28)25(18(12)27)7-3-1-2-6-11(26)24-9-10-5-4-8-29-10/h10H,1-9H2,(H,24,26)/t10-/m0/s1. The summed E-state index contributed by atoms with van der Waals surface area (Å²) in [6.45, 7) is 1.50. The van der Waals surface area contributed by atoms with E-state index in [2.05, 4.69) is 5.32 Å². The molecule has 2 heterocycles. The molecule has 29 heavy (non-hydrogen) atoms. The third kappa shape index (κ3) is 4.83. The van der Waals surface area contributed by atoms with Crippen molar-refractivity contribution in [3.63, 3.8) is 0 Å². The van der Waals surface area contributed by atoms with Gasteiger partial charge in [0.2, 0.25) is 5.91 Å². The number of hydrogen-bond acceptors (Lipinski definition) is 4. The van der Waals surface area contributed by atoms with Gasteiger partial charge in [-0.2, -0.15) is 0 Å². The molecule has 0 bridgehead atoms. The summed E-state index contributed by atoms with van der Waals surface area (Å²) >= 11 is 24.2. The van der Waals surface area contributed by atoms with Crippen LogP contribution in [0.2, 0.25) is 20.1 Å². The van der Waals surface area contributed by atoms with Crippen LogP contribution >= 0.6 is 46.4 Å². The molecule has 1 N–H and O–H groups in total. The summed E-state index contributed by atoms with van der Waals surface area (Å²) < 4.78 is 5.46. The lowest BCUT2D eigenvalue weighted by Gasteiger charge is -2.13. The van der Waals surface area contributed by atoms with Gasteiger partial charge in [0.15, 0.2) is 0 Å². The molecule has 3 amide bonds. The van der Waals surface area contributed by atoms with Gasteiger partial charge in [0.25, 0.3) is 11.8 Å². The molecule has 0 saturated carbocycles. The summed E-state index contributed by atoms with van der Waals surface area (Å²) in [7, 11) is 0. The van der Waals surface area contributed by atoms with E-state index in [1.165, 1.54) is 0 Å². The molecular formula is C19H20Cl4N2O4. The number of hydrogen-bond donors (Lipinski definition) is 1. The number of nitrogens with one attached hydrogen (secondary N) is 1. The molecule has 1 aromatic rings. The lowest BCUT2D eigenvalue weighted by atomic mass is 10.1. The SMILES string of the molecule is O=C(CCCCCN1C(=O)c2c(Cl)c(Cl)c(Cl)c(Cl)c2C1=O)NC[C@@H]1CCCO1. The van der Waals surface area contributed by atoms with Crippen LogP contribution in [0, 0.1) is 0 Å². The Labute approximate surface area is 188 Å². The molecule has 3 rings (SSSR count). The molecule has 1 atom stereocenters. The fraction of sp³-hybridized carbons (Fsp3) is 0.526. The van der Waals surface area contributed by atoms with Gasteiger partial charge in [-0.1, -0.05) is 52.8 Å². The average Bonchev–Trinajstić information content (AvgIpc) is 3.30. The van der Waals surface area contributed by atoms with E-state index >= 15 is 0 Å². The van der Waals surface area contributed by atoms with Crippen molar-refractivity contribution in [2.75, 3.05) is 19.7 Å². The van der Waals surface area contributed by atoms with Crippen LogP contribution in [0.1, 0.15) is 59.2 Å². The van der Waals surface area contributed by atoms with Crippen molar-refractivity contribution in [2.45, 2.75) is 44.6 Å². The summed E-state index contributed by atoms with van der Waals surface area (Å²) in [5.41, 5.74) is -0.0193. The first-order chi connectivity index (χ1) is 13.8. The fourth-order valence-corrected chi connectivity index (χ4v) is 4.47. The summed E-state index contributed by atoms with van der Waals surface area (Å²) in [5, 5.41) is 2.64. The second-order valence-electron chi connectivity index (χ2n) is 7.02. The maximum absolute atomic E-state index is 12.6. The van der Waals surface area contributed by atoms with E-state index in [9.17, 15) is 14.4 Å². The number of amides is 3. The van der Waals surface area contributed by atoms with E-state index in [1.54, 1.807) is 0 Å². The van der Waals surface area contributed by atoms with Gasteiger partial charge in [-0.3, -0.25) is 19.3 Å². The first kappa shape index (κ1) is 22.6. The maximum atomic E-state index is 12.6. The quantitative estimate of drug-likeness (QED) is 0.251. The minimum atomic E-state index is -0.537. The maximum Gasteiger partial charge on any atom is 0.263 e. The van der Waals surface area contributed by atoms with Crippen molar-refractivity contribution in [1.29, 1.82) is 0 Å². The van der Waals surface area contributed by atoms with Crippen LogP contribution in [0.4, 0.5) is 0 Å². The highest BCUT2D eigenvalue weighted by Gasteiger charge is 2.41. The monoisotopic (exact) mass is 480 g/mol. The van der Waals surface area contributed by atoms with Gasteiger partial charge in [0.05, 0.1) is 37.3 Å². The number of ether oxygens (including phenoxy) is 1. The molecule has 10 heteroatoms. The number of unbranched alkanes of at least 4 members (excludes halogenated alkanes) is 2. The van der Waals surface area contributed by atoms with E-state index in [1.807, 2.05) is 0 Å². The Morgan fingerprint density at radius 1 is 0.966 bits per heavy atom. The molecule has 0 radical (unpaired) electrons. The molecule has 6 nitrogen and oxygen atoms in total. The van der Waals surface area contributed by atoms with E-state index in [0.717, 1.165) is 24.3 Å². The number of benzene rings is 1. The van der Waals surface area contributed by atoms with Crippen LogP contribution in [0.25, 0.3) is 0 Å². The topological polar surface area (TPSA) is 75.7 Å². The van der Waals surface area contributed by atoms with Gasteiger partial charge in [-0.25, -0.2) is 0 Å². The molecule has 1 fully saturated rings. The number of carbonyl (C=O) groups is 3. The van der Waals surface area contributed by atoms with Crippen molar-refractivity contribution in [2.24, 2.45) is 0 Å². The fourth-order valence-electron chi connectivity index (χ4n) is 3.45. The van der Waals surface area contributed by atoms with Crippen molar-refractivity contribution < 1.29 is 19.1 Å². The minimum absolute atomic E-state index is 0.00965. The third-order valence-electron chi connectivity index (χ3n) is 5.02. The predicted molar refractivity (Wildman–Crippen MR) is 112 cm³/mol. The first-order valence-electron chi connectivity index (χ1n) is 9.43. The summed E-state index contributed by atoms with van der Waals surface area (Å²) in [5.74, 6) is -1.10. The Kier molecular flexibility index (Phi) is 7.68. The lowest BCUT2D eigenvalue weighted by molar-refractivity contribution is -0.121. The van der Waals surface area contributed by atoms with Gasteiger partial charge >= 0.3 is 0 Å². The van der Waals surface area contributed by atoms with Crippen molar-refractivity contribution >= 4 is 64.1 Å². The number of imide groups is 1. The van der Waals surface area contributed by atoms with Gasteiger partial charge in [0.1, 0.15) is 0 Å². The molecule has 2 aliphatic heterocycles. The third-order valence-corrected chi connectivity index (χ3v) is 6.82. The highest BCUT2D eigenvalue weighted by molar-refractivity contribution is 6.55. The Hall–Kier alpha value is -1.05. The van der Waals surface area contributed by atoms with E-state index in [0.29, 0.717) is 32.2 Å². The zero-order valence-electron chi connectivity index (χ0n) is 15.5. The molecule has 2 aliphatic rings. The highest BCUT2D eigenvalue weighted by atomic mass is 35.5. The van der Waals surface area contributed by atoms with Gasteiger partial charge in [-0.15, -0.1) is 0 Å². The normalized spacial score (nSPS) is 18.5. The summed E-state index contributed by atoms with van der Waals surface area (Å²) in [6.07, 6.45) is 4.41. The van der Waals surface area contributed by atoms with Gasteiger partial charge in [-0.05, 0) is 25.7 Å². The number of halogens is 4. The largest absolute Gasteiger partial charge is 0.376 e. The van der Waals surface area contributed by atoms with Crippen LogP contribution < -0.4 is 5.32 Å². The number of fused-ring (bicyclic) bond motifs is 1. The Bertz CT molecular complexity index is 793. The number of nitrogens with zero attached hydrogens (tertiary/aromatic N) is 1. The first-order valence-corrected chi connectivity index (χ1v) is 10.9. The van der Waals surface area contributed by atoms with Crippen LogP contribution in [0.15, 0.2) is 0 Å². The molecule has 158 valence electrons. The van der Waals surface area contributed by atoms with Crippen LogP contribution in [-0.4, -0.2) is 48.4 Å². The Morgan fingerprint density at radius 3 is 2.14 bits per heavy atom.